The minimum absolute atomic E-state index is 0.0257. The Kier molecular flexibility index (Phi) is 6.55. The molecule has 0 radical (unpaired) electrons. The van der Waals surface area contributed by atoms with E-state index in [2.05, 4.69) is 32.7 Å². The first-order valence-corrected chi connectivity index (χ1v) is 10.5. The zero-order valence-electron chi connectivity index (χ0n) is 18.1. The van der Waals surface area contributed by atoms with Crippen molar-refractivity contribution in [2.45, 2.75) is 12.8 Å². The monoisotopic (exact) mass is 427 g/mol. The lowest BCUT2D eigenvalue weighted by Crippen LogP contribution is -2.18. The number of nitrogens with one attached hydrogen (secondary N) is 2. The fourth-order valence-corrected chi connectivity index (χ4v) is 3.41. The lowest BCUT2D eigenvalue weighted by molar-refractivity contribution is -0.120. The average molecular weight is 428 g/mol. The van der Waals surface area contributed by atoms with Crippen LogP contribution >= 0.6 is 0 Å². The van der Waals surface area contributed by atoms with Crippen LogP contribution in [-0.4, -0.2) is 41.6 Å². The Morgan fingerprint density at radius 3 is 2.50 bits per heavy atom. The first-order chi connectivity index (χ1) is 15.7. The molecule has 0 aliphatic carbocycles. The highest BCUT2D eigenvalue weighted by Gasteiger charge is 2.10. The van der Waals surface area contributed by atoms with Crippen molar-refractivity contribution in [3.8, 4) is 28.3 Å². The van der Waals surface area contributed by atoms with Crippen LogP contribution in [0.15, 0.2) is 67.0 Å². The van der Waals surface area contributed by atoms with Crippen molar-refractivity contribution in [3.05, 3.63) is 67.0 Å². The minimum Gasteiger partial charge on any atom is -0.494 e. The van der Waals surface area contributed by atoms with Crippen LogP contribution in [0.3, 0.4) is 0 Å². The number of rotatable bonds is 8. The van der Waals surface area contributed by atoms with E-state index in [9.17, 15) is 4.79 Å². The molecule has 4 aromatic rings. The molecule has 7 nitrogen and oxygen atoms in total. The molecular weight excluding hydrogens is 402 g/mol. The molecule has 0 unspecified atom stereocenters. The molecule has 2 N–H and O–H groups in total. The summed E-state index contributed by atoms with van der Waals surface area (Å²) >= 11 is 0. The molecule has 0 spiro atoms. The molecule has 7 heteroatoms. The molecule has 32 heavy (non-hydrogen) atoms. The number of aromatic nitrogens is 3. The van der Waals surface area contributed by atoms with Gasteiger partial charge in [0.25, 0.3) is 0 Å². The molecule has 0 saturated heterocycles. The van der Waals surface area contributed by atoms with E-state index >= 15 is 0 Å². The van der Waals surface area contributed by atoms with Crippen molar-refractivity contribution in [2.75, 3.05) is 26.0 Å². The Balaban J connectivity index is 1.54. The summed E-state index contributed by atoms with van der Waals surface area (Å²) in [4.78, 5) is 24.8. The van der Waals surface area contributed by atoms with Crippen LogP contribution in [0, 0.1) is 0 Å². The Hall–Kier alpha value is -4.00. The number of nitrogens with zero attached hydrogens (tertiary/aromatic N) is 3. The predicted molar refractivity (Wildman–Crippen MR) is 127 cm³/mol. The number of carbonyl (C=O) groups excluding carboxylic acids is 1. The fourth-order valence-electron chi connectivity index (χ4n) is 3.41. The molecule has 0 aliphatic heterocycles. The quantitative estimate of drug-likeness (QED) is 0.408. The van der Waals surface area contributed by atoms with Gasteiger partial charge in [-0.3, -0.25) is 9.78 Å². The van der Waals surface area contributed by atoms with Crippen LogP contribution in [0.1, 0.15) is 12.8 Å². The molecule has 4 rings (SSSR count). The Morgan fingerprint density at radius 1 is 0.969 bits per heavy atom. The van der Waals surface area contributed by atoms with Gasteiger partial charge in [0.2, 0.25) is 5.91 Å². The number of amides is 1. The second-order valence-corrected chi connectivity index (χ2v) is 7.27. The summed E-state index contributed by atoms with van der Waals surface area (Å²) in [6, 6.07) is 17.9. The van der Waals surface area contributed by atoms with Crippen LogP contribution in [0.2, 0.25) is 0 Å². The Bertz CT molecular complexity index is 1210. The van der Waals surface area contributed by atoms with E-state index < -0.39 is 0 Å². The van der Waals surface area contributed by atoms with Crippen molar-refractivity contribution in [1.82, 2.24) is 20.3 Å². The zero-order chi connectivity index (χ0) is 22.3. The van der Waals surface area contributed by atoms with Gasteiger partial charge in [0.15, 0.2) is 5.82 Å². The van der Waals surface area contributed by atoms with Gasteiger partial charge in [-0.2, -0.15) is 0 Å². The molecular formula is C25H25N5O2. The number of hydrogen-bond donors (Lipinski definition) is 2. The van der Waals surface area contributed by atoms with Crippen LogP contribution in [0.4, 0.5) is 5.82 Å². The SMILES string of the molecule is CNC(=O)CCCOc1ccc(-c2ccc3nc(-c4cccnc4)nc(NC)c3c2)cc1. The second kappa shape index (κ2) is 9.87. The maximum absolute atomic E-state index is 11.3. The van der Waals surface area contributed by atoms with Crippen molar-refractivity contribution in [2.24, 2.45) is 0 Å². The summed E-state index contributed by atoms with van der Waals surface area (Å²) in [7, 11) is 3.50. The largest absolute Gasteiger partial charge is 0.494 e. The number of hydrogen-bond acceptors (Lipinski definition) is 6. The van der Waals surface area contributed by atoms with Crippen molar-refractivity contribution >= 4 is 22.6 Å². The number of ether oxygens (including phenoxy) is 1. The van der Waals surface area contributed by atoms with Gasteiger partial charge < -0.3 is 15.4 Å². The molecule has 0 aliphatic rings. The molecule has 2 aromatic heterocycles. The van der Waals surface area contributed by atoms with Gasteiger partial charge in [-0.1, -0.05) is 18.2 Å². The van der Waals surface area contributed by atoms with Gasteiger partial charge in [0.05, 0.1) is 12.1 Å². The molecule has 0 saturated carbocycles. The van der Waals surface area contributed by atoms with Gasteiger partial charge in [0, 0.05) is 43.9 Å². The summed E-state index contributed by atoms with van der Waals surface area (Å²) in [6.45, 7) is 0.505. The number of fused-ring (bicyclic) bond motifs is 1. The highest BCUT2D eigenvalue weighted by atomic mass is 16.5. The van der Waals surface area contributed by atoms with E-state index in [1.807, 2.05) is 49.5 Å². The lowest BCUT2D eigenvalue weighted by atomic mass is 10.0. The van der Waals surface area contributed by atoms with E-state index in [4.69, 9.17) is 9.72 Å². The van der Waals surface area contributed by atoms with Crippen LogP contribution < -0.4 is 15.4 Å². The number of pyridine rings is 1. The second-order valence-electron chi connectivity index (χ2n) is 7.27. The summed E-state index contributed by atoms with van der Waals surface area (Å²) in [6.07, 6.45) is 4.64. The highest BCUT2D eigenvalue weighted by Crippen LogP contribution is 2.30. The van der Waals surface area contributed by atoms with E-state index in [1.54, 1.807) is 19.4 Å². The van der Waals surface area contributed by atoms with Crippen LogP contribution in [-0.2, 0) is 4.79 Å². The Morgan fingerprint density at radius 2 is 1.78 bits per heavy atom. The van der Waals surface area contributed by atoms with Gasteiger partial charge in [0.1, 0.15) is 11.6 Å². The van der Waals surface area contributed by atoms with E-state index in [1.165, 1.54) is 0 Å². The standard InChI is InChI=1S/C25H25N5O2/c1-26-23(31)6-4-14-32-20-10-7-17(8-11-20)18-9-12-22-21(15-18)25(27-2)30-24(29-22)19-5-3-13-28-16-19/h3,5,7-13,15-16H,4,6,14H2,1-2H3,(H,26,31)(H,27,29,30). The molecule has 162 valence electrons. The third-order valence-corrected chi connectivity index (χ3v) is 5.14. The minimum atomic E-state index is 0.0257. The predicted octanol–water partition coefficient (Wildman–Crippen LogP) is 4.31. The van der Waals surface area contributed by atoms with Gasteiger partial charge >= 0.3 is 0 Å². The summed E-state index contributed by atoms with van der Waals surface area (Å²) < 4.78 is 5.74. The van der Waals surface area contributed by atoms with Gasteiger partial charge in [-0.25, -0.2) is 9.97 Å². The Labute approximate surface area is 186 Å². The molecule has 0 fully saturated rings. The van der Waals surface area contributed by atoms with E-state index in [-0.39, 0.29) is 5.91 Å². The number of anilines is 1. The normalized spacial score (nSPS) is 10.7. The van der Waals surface area contributed by atoms with E-state index in [0.717, 1.165) is 39.2 Å². The number of carbonyl (C=O) groups is 1. The van der Waals surface area contributed by atoms with Crippen molar-refractivity contribution in [1.29, 1.82) is 0 Å². The van der Waals surface area contributed by atoms with Crippen molar-refractivity contribution < 1.29 is 9.53 Å². The van der Waals surface area contributed by atoms with Gasteiger partial charge in [-0.05, 0) is 53.9 Å². The first kappa shape index (κ1) is 21.2. The summed E-state index contributed by atoms with van der Waals surface area (Å²) in [5.74, 6) is 2.22. The van der Waals surface area contributed by atoms with Crippen LogP contribution in [0.5, 0.6) is 5.75 Å². The maximum Gasteiger partial charge on any atom is 0.219 e. The molecule has 0 atom stereocenters. The third-order valence-electron chi connectivity index (χ3n) is 5.14. The van der Waals surface area contributed by atoms with Crippen LogP contribution in [0.25, 0.3) is 33.4 Å². The van der Waals surface area contributed by atoms with E-state index in [0.29, 0.717) is 25.3 Å². The van der Waals surface area contributed by atoms with Gasteiger partial charge in [-0.15, -0.1) is 0 Å². The number of benzene rings is 2. The fraction of sp³-hybridized carbons (Fsp3) is 0.200. The molecule has 2 heterocycles. The third kappa shape index (κ3) is 4.83. The lowest BCUT2D eigenvalue weighted by Gasteiger charge is -2.11. The topological polar surface area (TPSA) is 89.0 Å². The van der Waals surface area contributed by atoms with Crippen molar-refractivity contribution in [3.63, 3.8) is 0 Å². The molecule has 1 amide bonds. The summed E-state index contributed by atoms with van der Waals surface area (Å²) in [5, 5.41) is 6.75. The molecule has 0 bridgehead atoms. The smallest absolute Gasteiger partial charge is 0.219 e. The highest BCUT2D eigenvalue weighted by molar-refractivity contribution is 5.93. The first-order valence-electron chi connectivity index (χ1n) is 10.5. The molecule has 2 aromatic carbocycles. The zero-order valence-corrected chi connectivity index (χ0v) is 18.1. The summed E-state index contributed by atoms with van der Waals surface area (Å²) in [5.41, 5.74) is 3.88. The maximum atomic E-state index is 11.3. The average Bonchev–Trinajstić information content (AvgIpc) is 2.86.